The van der Waals surface area contributed by atoms with E-state index >= 15 is 0 Å². The summed E-state index contributed by atoms with van der Waals surface area (Å²) in [6.07, 6.45) is 5.14. The van der Waals surface area contributed by atoms with E-state index in [4.69, 9.17) is 4.42 Å². The first-order valence-corrected chi connectivity index (χ1v) is 8.85. The Balaban J connectivity index is 1.93. The number of hydrogen-bond donors (Lipinski definition) is 3. The Morgan fingerprint density at radius 1 is 1.16 bits per heavy atom. The van der Waals surface area contributed by atoms with Gasteiger partial charge in [-0.05, 0) is 42.7 Å². The topological polar surface area (TPSA) is 113 Å². The van der Waals surface area contributed by atoms with Crippen molar-refractivity contribution in [3.05, 3.63) is 54.2 Å². The second-order valence-electron chi connectivity index (χ2n) is 4.94. The molecule has 8 nitrogen and oxygen atoms in total. The first-order chi connectivity index (χ1) is 12.1. The lowest BCUT2D eigenvalue weighted by molar-refractivity contribution is -0.123. The number of carbonyl (C=O) groups is 3. The van der Waals surface area contributed by atoms with Crippen LogP contribution in [0.2, 0.25) is 0 Å². The Labute approximate surface area is 148 Å². The summed E-state index contributed by atoms with van der Waals surface area (Å²) in [5.74, 6) is -0.806. The number of amides is 3. The quantitative estimate of drug-likeness (QED) is 0.633. The SMILES string of the molecule is CSCC[C@@H](NC(=O)c1ccco1)C(=O)NNC(=O)c1ccccn1. The highest BCUT2D eigenvalue weighted by Crippen LogP contribution is 2.04. The number of aromatic nitrogens is 1. The lowest BCUT2D eigenvalue weighted by Gasteiger charge is -2.17. The molecule has 25 heavy (non-hydrogen) atoms. The van der Waals surface area contributed by atoms with Crippen molar-refractivity contribution >= 4 is 29.5 Å². The van der Waals surface area contributed by atoms with E-state index in [1.165, 1.54) is 24.6 Å². The Morgan fingerprint density at radius 2 is 2.00 bits per heavy atom. The normalized spacial score (nSPS) is 11.4. The molecule has 3 N–H and O–H groups in total. The van der Waals surface area contributed by atoms with Gasteiger partial charge in [-0.15, -0.1) is 0 Å². The fourth-order valence-corrected chi connectivity index (χ4v) is 2.38. The molecule has 0 aliphatic heterocycles. The van der Waals surface area contributed by atoms with E-state index in [0.717, 1.165) is 0 Å². The largest absolute Gasteiger partial charge is 0.459 e. The maximum Gasteiger partial charge on any atom is 0.288 e. The summed E-state index contributed by atoms with van der Waals surface area (Å²) in [5.41, 5.74) is 4.76. The molecular weight excluding hydrogens is 344 g/mol. The molecule has 2 aromatic heterocycles. The van der Waals surface area contributed by atoms with E-state index < -0.39 is 23.8 Å². The van der Waals surface area contributed by atoms with Gasteiger partial charge in [-0.3, -0.25) is 30.2 Å². The van der Waals surface area contributed by atoms with Gasteiger partial charge in [-0.2, -0.15) is 11.8 Å². The predicted molar refractivity (Wildman–Crippen MR) is 92.8 cm³/mol. The Hall–Kier alpha value is -2.81. The molecule has 3 amide bonds. The van der Waals surface area contributed by atoms with Crippen molar-refractivity contribution in [2.24, 2.45) is 0 Å². The molecule has 0 bridgehead atoms. The standard InChI is InChI=1S/C16H18N4O4S/c1-25-10-7-12(18-16(23)13-6-4-9-24-13)15(22)20-19-14(21)11-5-2-3-8-17-11/h2-6,8-9,12H,7,10H2,1H3,(H,18,23)(H,19,21)(H,20,22)/t12-/m1/s1. The zero-order chi connectivity index (χ0) is 18.1. The third kappa shape index (κ3) is 5.64. The molecule has 0 fully saturated rings. The zero-order valence-corrected chi connectivity index (χ0v) is 14.3. The minimum absolute atomic E-state index is 0.111. The van der Waals surface area contributed by atoms with Crippen molar-refractivity contribution in [1.82, 2.24) is 21.2 Å². The molecule has 0 unspecified atom stereocenters. The van der Waals surface area contributed by atoms with Gasteiger partial charge < -0.3 is 9.73 Å². The third-order valence-electron chi connectivity index (χ3n) is 3.17. The molecular formula is C16H18N4O4S. The van der Waals surface area contributed by atoms with Crippen LogP contribution in [0.15, 0.2) is 47.2 Å². The highest BCUT2D eigenvalue weighted by atomic mass is 32.2. The van der Waals surface area contributed by atoms with Gasteiger partial charge >= 0.3 is 0 Å². The summed E-state index contributed by atoms with van der Waals surface area (Å²) in [6.45, 7) is 0. The van der Waals surface area contributed by atoms with Gasteiger partial charge in [0.2, 0.25) is 0 Å². The van der Waals surface area contributed by atoms with Crippen molar-refractivity contribution in [3.63, 3.8) is 0 Å². The van der Waals surface area contributed by atoms with Crippen molar-refractivity contribution in [1.29, 1.82) is 0 Å². The highest BCUT2D eigenvalue weighted by molar-refractivity contribution is 7.98. The van der Waals surface area contributed by atoms with Gasteiger partial charge in [-0.25, -0.2) is 0 Å². The first-order valence-electron chi connectivity index (χ1n) is 7.46. The third-order valence-corrected chi connectivity index (χ3v) is 3.82. The number of rotatable bonds is 7. The van der Waals surface area contributed by atoms with Gasteiger partial charge in [-0.1, -0.05) is 6.07 Å². The van der Waals surface area contributed by atoms with Gasteiger partial charge in [0.05, 0.1) is 6.26 Å². The average molecular weight is 362 g/mol. The van der Waals surface area contributed by atoms with Crippen LogP contribution in [0.5, 0.6) is 0 Å². The lowest BCUT2D eigenvalue weighted by Crippen LogP contribution is -2.52. The zero-order valence-electron chi connectivity index (χ0n) is 13.5. The Bertz CT molecular complexity index is 706. The van der Waals surface area contributed by atoms with E-state index in [-0.39, 0.29) is 11.5 Å². The molecule has 0 saturated heterocycles. The molecule has 0 aliphatic rings. The number of hydrazine groups is 1. The van der Waals surface area contributed by atoms with Crippen LogP contribution in [0.1, 0.15) is 27.5 Å². The van der Waals surface area contributed by atoms with Crippen LogP contribution in [0.4, 0.5) is 0 Å². The summed E-state index contributed by atoms with van der Waals surface area (Å²) in [4.78, 5) is 40.1. The Morgan fingerprint density at radius 3 is 2.64 bits per heavy atom. The highest BCUT2D eigenvalue weighted by Gasteiger charge is 2.22. The minimum atomic E-state index is -0.811. The number of nitrogens with zero attached hydrogens (tertiary/aromatic N) is 1. The van der Waals surface area contributed by atoms with Crippen LogP contribution in [0.25, 0.3) is 0 Å². The molecule has 2 aromatic rings. The monoisotopic (exact) mass is 362 g/mol. The number of thioether (sulfide) groups is 1. The summed E-state index contributed by atoms with van der Waals surface area (Å²) in [5, 5.41) is 2.59. The summed E-state index contributed by atoms with van der Waals surface area (Å²) < 4.78 is 5.01. The van der Waals surface area contributed by atoms with Crippen LogP contribution >= 0.6 is 11.8 Å². The molecule has 1 atom stereocenters. The predicted octanol–water partition coefficient (Wildman–Crippen LogP) is 0.987. The molecule has 2 rings (SSSR count). The van der Waals surface area contributed by atoms with Crippen molar-refractivity contribution in [2.75, 3.05) is 12.0 Å². The van der Waals surface area contributed by atoms with Crippen LogP contribution in [-0.2, 0) is 4.79 Å². The number of nitrogens with one attached hydrogen (secondary N) is 3. The van der Waals surface area contributed by atoms with Crippen LogP contribution in [-0.4, -0.2) is 40.8 Å². The van der Waals surface area contributed by atoms with E-state index in [1.54, 1.807) is 30.0 Å². The second-order valence-corrected chi connectivity index (χ2v) is 5.93. The first kappa shape index (κ1) is 18.5. The molecule has 9 heteroatoms. The number of furan rings is 1. The van der Waals surface area contributed by atoms with Crippen LogP contribution in [0, 0.1) is 0 Å². The maximum absolute atomic E-state index is 12.3. The van der Waals surface area contributed by atoms with E-state index in [1.807, 2.05) is 6.26 Å². The fourth-order valence-electron chi connectivity index (χ4n) is 1.91. The lowest BCUT2D eigenvalue weighted by atomic mass is 10.2. The average Bonchev–Trinajstić information content (AvgIpc) is 3.18. The summed E-state index contributed by atoms with van der Waals surface area (Å²) in [7, 11) is 0. The van der Waals surface area contributed by atoms with Crippen molar-refractivity contribution in [2.45, 2.75) is 12.5 Å². The summed E-state index contributed by atoms with van der Waals surface area (Å²) >= 11 is 1.54. The van der Waals surface area contributed by atoms with E-state index in [2.05, 4.69) is 21.2 Å². The van der Waals surface area contributed by atoms with Crippen LogP contribution in [0.3, 0.4) is 0 Å². The summed E-state index contributed by atoms with van der Waals surface area (Å²) in [6, 6.07) is 7.13. The molecule has 0 radical (unpaired) electrons. The number of hydrogen-bond acceptors (Lipinski definition) is 6. The van der Waals surface area contributed by atoms with E-state index in [0.29, 0.717) is 12.2 Å². The second kappa shape index (κ2) is 9.48. The maximum atomic E-state index is 12.3. The molecule has 0 spiro atoms. The fraction of sp³-hybridized carbons (Fsp3) is 0.250. The number of pyridine rings is 1. The number of carbonyl (C=O) groups excluding carboxylic acids is 3. The van der Waals surface area contributed by atoms with Gasteiger partial charge in [0, 0.05) is 6.20 Å². The van der Waals surface area contributed by atoms with E-state index in [9.17, 15) is 14.4 Å². The van der Waals surface area contributed by atoms with Crippen LogP contribution < -0.4 is 16.2 Å². The van der Waals surface area contributed by atoms with Crippen molar-refractivity contribution in [3.8, 4) is 0 Å². The van der Waals surface area contributed by atoms with Crippen molar-refractivity contribution < 1.29 is 18.8 Å². The molecule has 0 saturated carbocycles. The Kier molecular flexibility index (Phi) is 7.02. The smallest absolute Gasteiger partial charge is 0.288 e. The minimum Gasteiger partial charge on any atom is -0.459 e. The molecule has 132 valence electrons. The van der Waals surface area contributed by atoms with Gasteiger partial charge in [0.25, 0.3) is 17.7 Å². The molecule has 0 aromatic carbocycles. The van der Waals surface area contributed by atoms with Gasteiger partial charge in [0.15, 0.2) is 5.76 Å². The molecule has 2 heterocycles. The molecule has 0 aliphatic carbocycles. The van der Waals surface area contributed by atoms with Gasteiger partial charge in [0.1, 0.15) is 11.7 Å².